The Morgan fingerprint density at radius 2 is 1.58 bits per heavy atom. The van der Waals surface area contributed by atoms with Crippen molar-refractivity contribution in [1.82, 2.24) is 4.90 Å². The van der Waals surface area contributed by atoms with Crippen LogP contribution in [-0.4, -0.2) is 124 Å². The normalized spacial score (nSPS) is 37.5. The maximum absolute atomic E-state index is 14.5. The third-order valence-electron chi connectivity index (χ3n) is 15.9. The van der Waals surface area contributed by atoms with Gasteiger partial charge in [0.2, 0.25) is 5.79 Å². The van der Waals surface area contributed by atoms with E-state index in [1.54, 1.807) is 65.1 Å². The van der Waals surface area contributed by atoms with Gasteiger partial charge >= 0.3 is 5.97 Å². The number of aliphatic hydroxyl groups excluding tert-OH is 2. The Labute approximate surface area is 427 Å². The molecule has 3 heterocycles. The summed E-state index contributed by atoms with van der Waals surface area (Å²) in [4.78, 5) is 86.3. The predicted octanol–water partition coefficient (Wildman–Crippen LogP) is 8.05. The molecule has 2 bridgehead atoms. The number of aliphatic hydroxyl groups is 3. The number of nitrogens with zero attached hydrogens (tertiary/aromatic N) is 1. The quantitative estimate of drug-likeness (QED) is 0.0978. The molecule has 2 saturated heterocycles. The molecule has 1 aromatic carbocycles. The van der Waals surface area contributed by atoms with Crippen molar-refractivity contribution in [3.8, 4) is 0 Å². The Kier molecular flexibility index (Phi) is 22.1. The number of piperidine rings is 1. The topological polar surface area (TPSA) is 203 Å². The van der Waals surface area contributed by atoms with Gasteiger partial charge in [-0.2, -0.15) is 0 Å². The smallest absolute Gasteiger partial charge is 0.329 e. The molecule has 1 aliphatic carbocycles. The van der Waals surface area contributed by atoms with Gasteiger partial charge in [0, 0.05) is 56.9 Å². The van der Waals surface area contributed by atoms with Crippen LogP contribution < -0.4 is 0 Å². The average molecular weight is 1000 g/mol. The van der Waals surface area contributed by atoms with E-state index in [4.69, 9.17) is 18.9 Å². The van der Waals surface area contributed by atoms with Gasteiger partial charge in [-0.15, -0.1) is 0 Å². The lowest BCUT2D eigenvalue weighted by molar-refractivity contribution is -0.264. The molecule has 14 heteroatoms. The van der Waals surface area contributed by atoms with Crippen molar-refractivity contribution in [3.05, 3.63) is 83.5 Å². The van der Waals surface area contributed by atoms with Crippen LogP contribution in [0.25, 0.3) is 0 Å². The van der Waals surface area contributed by atoms with E-state index >= 15 is 0 Å². The number of fused-ring (bicyclic) bond motifs is 3. The van der Waals surface area contributed by atoms with Gasteiger partial charge in [0.25, 0.3) is 11.7 Å². The number of benzene rings is 1. The van der Waals surface area contributed by atoms with E-state index < -0.39 is 77.8 Å². The Morgan fingerprint density at radius 3 is 2.28 bits per heavy atom. The highest BCUT2D eigenvalue weighted by Gasteiger charge is 2.53. The van der Waals surface area contributed by atoms with E-state index in [9.17, 15) is 44.1 Å². The molecule has 4 aliphatic rings. The lowest BCUT2D eigenvalue weighted by Crippen LogP contribution is -2.60. The third kappa shape index (κ3) is 15.3. The lowest BCUT2D eigenvalue weighted by atomic mass is 9.78. The van der Waals surface area contributed by atoms with E-state index in [0.29, 0.717) is 68.9 Å². The minimum absolute atomic E-state index is 0.0228. The molecule has 0 unspecified atom stereocenters. The molecular formula is C58H83NO13. The Balaban J connectivity index is 1.50. The fraction of sp³-hybridized carbons (Fsp3) is 0.655. The number of amides is 1. The first-order valence-corrected chi connectivity index (χ1v) is 26.4. The van der Waals surface area contributed by atoms with Gasteiger partial charge < -0.3 is 39.2 Å². The van der Waals surface area contributed by atoms with E-state index in [1.807, 2.05) is 57.2 Å². The minimum atomic E-state index is -2.50. The molecule has 5 rings (SSSR count). The zero-order chi connectivity index (χ0) is 52.9. The SMILES string of the molecule is CO[C@@H]1C[C@H](C[C@@H](C)[C@@H]2CC(=O)[C@H](C)/C=C(\C)[C@@H](O)[C@@H](OC)C(=O)[C@H](C)C[C@H](C)\C=C/C=C/C=C(\C)[C@H](CC(=O)c3ccccc3)C[C@@H]3CC[C@@H](C)[C@@](O)(O3)C(=O)C(=O)N3CCCC[C@H]3C(=O)O2)CC[C@H]1O. The van der Waals surface area contributed by atoms with Crippen LogP contribution in [-0.2, 0) is 42.9 Å². The monoisotopic (exact) mass is 1000 g/mol. The van der Waals surface area contributed by atoms with Gasteiger partial charge in [0.15, 0.2) is 11.6 Å². The molecule has 398 valence electrons. The number of cyclic esters (lactones) is 1. The fourth-order valence-corrected chi connectivity index (χ4v) is 11.2. The first-order valence-electron chi connectivity index (χ1n) is 26.4. The summed E-state index contributed by atoms with van der Waals surface area (Å²) in [6, 6.07) is 7.80. The molecule has 3 fully saturated rings. The van der Waals surface area contributed by atoms with Crippen LogP contribution in [0.5, 0.6) is 0 Å². The van der Waals surface area contributed by atoms with Crippen molar-refractivity contribution in [3.63, 3.8) is 0 Å². The predicted molar refractivity (Wildman–Crippen MR) is 273 cm³/mol. The molecule has 0 aromatic heterocycles. The number of carbonyl (C=O) groups excluding carboxylic acids is 6. The Bertz CT molecular complexity index is 2150. The first kappa shape index (κ1) is 58.4. The maximum atomic E-state index is 14.5. The van der Waals surface area contributed by atoms with Crippen LogP contribution in [0, 0.1) is 41.4 Å². The van der Waals surface area contributed by atoms with Crippen LogP contribution in [0.1, 0.15) is 142 Å². The van der Waals surface area contributed by atoms with Crippen LogP contribution >= 0.6 is 0 Å². The van der Waals surface area contributed by atoms with E-state index in [0.717, 1.165) is 5.57 Å². The molecule has 3 N–H and O–H groups in total. The van der Waals surface area contributed by atoms with Crippen LogP contribution in [0.15, 0.2) is 77.9 Å². The number of ketones is 4. The van der Waals surface area contributed by atoms with Crippen LogP contribution in [0.4, 0.5) is 0 Å². The maximum Gasteiger partial charge on any atom is 0.329 e. The summed E-state index contributed by atoms with van der Waals surface area (Å²) < 4.78 is 23.8. The van der Waals surface area contributed by atoms with Crippen molar-refractivity contribution in [1.29, 1.82) is 0 Å². The van der Waals surface area contributed by atoms with Gasteiger partial charge in [-0.3, -0.25) is 24.0 Å². The number of carbonyl (C=O) groups is 6. The molecule has 15 atom stereocenters. The number of ether oxygens (including phenoxy) is 4. The van der Waals surface area contributed by atoms with Crippen LogP contribution in [0.3, 0.4) is 0 Å². The molecule has 0 spiro atoms. The van der Waals surface area contributed by atoms with E-state index in [2.05, 4.69) is 0 Å². The number of hydrogen-bond acceptors (Lipinski definition) is 13. The highest BCUT2D eigenvalue weighted by molar-refractivity contribution is 6.39. The highest BCUT2D eigenvalue weighted by atomic mass is 16.6. The summed E-state index contributed by atoms with van der Waals surface area (Å²) in [5.74, 6) is -8.78. The minimum Gasteiger partial charge on any atom is -0.460 e. The highest BCUT2D eigenvalue weighted by Crippen LogP contribution is 2.39. The number of esters is 1. The number of rotatable bonds is 8. The molecule has 72 heavy (non-hydrogen) atoms. The van der Waals surface area contributed by atoms with Crippen molar-refractivity contribution in [2.24, 2.45) is 41.4 Å². The number of methoxy groups -OCH3 is 2. The second kappa shape index (κ2) is 27.2. The fourth-order valence-electron chi connectivity index (χ4n) is 11.2. The van der Waals surface area contributed by atoms with Gasteiger partial charge in [-0.05, 0) is 114 Å². The Hall–Kier alpha value is -4.44. The second-order valence-electron chi connectivity index (χ2n) is 21.6. The molecule has 1 aromatic rings. The number of hydrogen-bond donors (Lipinski definition) is 3. The summed E-state index contributed by atoms with van der Waals surface area (Å²) in [5.41, 5.74) is 1.80. The average Bonchev–Trinajstić information content (AvgIpc) is 3.36. The van der Waals surface area contributed by atoms with Crippen molar-refractivity contribution >= 4 is 35.0 Å². The van der Waals surface area contributed by atoms with Crippen molar-refractivity contribution in [2.75, 3.05) is 20.8 Å². The third-order valence-corrected chi connectivity index (χ3v) is 15.9. The first-order chi connectivity index (χ1) is 34.2. The summed E-state index contributed by atoms with van der Waals surface area (Å²) >= 11 is 0. The second-order valence-corrected chi connectivity index (χ2v) is 21.6. The molecular weight excluding hydrogens is 919 g/mol. The molecule has 3 aliphatic heterocycles. The summed E-state index contributed by atoms with van der Waals surface area (Å²) in [6.07, 6.45) is 11.2. The zero-order valence-corrected chi connectivity index (χ0v) is 44.2. The van der Waals surface area contributed by atoms with E-state index in [1.165, 1.54) is 12.0 Å². The number of allylic oxidation sites excluding steroid dienone is 7. The molecule has 1 saturated carbocycles. The van der Waals surface area contributed by atoms with Crippen LogP contribution in [0.2, 0.25) is 0 Å². The van der Waals surface area contributed by atoms with Gasteiger partial charge in [-0.1, -0.05) is 107 Å². The summed E-state index contributed by atoms with van der Waals surface area (Å²) in [7, 11) is 2.93. The molecule has 1 amide bonds. The Morgan fingerprint density at radius 1 is 0.861 bits per heavy atom. The lowest BCUT2D eigenvalue weighted by Gasteiger charge is -2.43. The van der Waals surface area contributed by atoms with Gasteiger partial charge in [-0.25, -0.2) is 4.79 Å². The number of Topliss-reactive ketones (excluding diaryl/α,β-unsaturated/α-hetero) is 4. The van der Waals surface area contributed by atoms with Gasteiger partial charge in [0.05, 0.1) is 18.3 Å². The van der Waals surface area contributed by atoms with Crippen molar-refractivity contribution in [2.45, 2.75) is 180 Å². The summed E-state index contributed by atoms with van der Waals surface area (Å²) in [6.45, 7) is 12.7. The molecule has 14 nitrogen and oxygen atoms in total. The standard InChI is InChI=1S/C58H83NO13/c1-35-18-12-10-13-19-36(2)44(33-49(62)43-20-14-11-15-21-43)32-45-25-23-41(7)58(68,72-45)55(65)56(66)59-27-17-16-22-46(59)57(67)71-50(38(4)30-42-24-26-47(60)51(31-42)69-8)34-48(61)37(3)29-40(6)53(64)54(70-9)52(63)39(5)28-35/h10-15,18-21,29,35,37-39,41-42,44-47,50-51,53-54,60,64,68H,16-17,22-28,30-34H2,1-9H3/b13-10+,18-12-,36-19+,40-29+/t35-,37-,38-,39-,41-,42+,44+,45+,46+,47-,50+,51-,53-,54+,58-/m1/s1. The molecule has 0 radical (unpaired) electrons. The van der Waals surface area contributed by atoms with E-state index in [-0.39, 0.29) is 79.4 Å². The van der Waals surface area contributed by atoms with Crippen molar-refractivity contribution < 1.29 is 63.0 Å². The summed E-state index contributed by atoms with van der Waals surface area (Å²) in [5, 5.41) is 34.2. The largest absolute Gasteiger partial charge is 0.460 e. The zero-order valence-electron chi connectivity index (χ0n) is 44.2. The van der Waals surface area contributed by atoms with Gasteiger partial charge in [0.1, 0.15) is 30.1 Å².